The molecule has 0 aromatic heterocycles. The highest BCUT2D eigenvalue weighted by molar-refractivity contribution is 5.74. The first-order valence-corrected chi connectivity index (χ1v) is 31.1. The topological polar surface area (TPSA) is 175 Å². The molecule has 1 fully saturated rings. The number of carbonyl (C=O) groups is 4. The lowest BCUT2D eigenvalue weighted by Crippen LogP contribution is -2.61. The molecule has 6 unspecified atom stereocenters. The van der Waals surface area contributed by atoms with Gasteiger partial charge in [0.25, 0.3) is 0 Å². The quantitative estimate of drug-likeness (QED) is 0.0228. The van der Waals surface area contributed by atoms with Crippen LogP contribution in [0.5, 0.6) is 0 Å². The molecule has 0 saturated carbocycles. The van der Waals surface area contributed by atoms with Gasteiger partial charge in [-0.1, -0.05) is 227 Å². The number of aliphatic hydroxyl groups is 2. The minimum atomic E-state index is -1.96. The summed E-state index contributed by atoms with van der Waals surface area (Å²) in [5.74, 6) is -3.47. The Bertz CT molecular complexity index is 2270. The number of unbranched alkanes of at least 4 members (excludes halogenated alkanes) is 1. The van der Waals surface area contributed by atoms with Crippen LogP contribution in [0.2, 0.25) is 0 Å². The molecule has 85 heavy (non-hydrogen) atoms. The number of rotatable bonds is 49. The predicted octanol–water partition coefficient (Wildman–Crippen LogP) is 16.8. The van der Waals surface area contributed by atoms with Crippen LogP contribution in [-0.2, 0) is 42.9 Å². The van der Waals surface area contributed by atoms with Gasteiger partial charge in [0, 0.05) is 19.3 Å². The maximum Gasteiger partial charge on any atom is 0.335 e. The van der Waals surface area contributed by atoms with E-state index in [1.807, 2.05) is 42.5 Å². The van der Waals surface area contributed by atoms with Crippen molar-refractivity contribution in [2.45, 2.75) is 212 Å². The zero-order valence-electron chi connectivity index (χ0n) is 51.5. The lowest BCUT2D eigenvalue weighted by molar-refractivity contribution is -0.301. The van der Waals surface area contributed by atoms with E-state index in [0.717, 1.165) is 96.3 Å². The van der Waals surface area contributed by atoms with E-state index in [1.165, 1.54) is 0 Å². The lowest BCUT2D eigenvalue weighted by Gasteiger charge is -2.40. The number of aliphatic hydroxyl groups excluding tert-OH is 2. The second-order valence-electron chi connectivity index (χ2n) is 19.8. The number of carboxylic acids is 1. The second kappa shape index (κ2) is 57.7. The van der Waals surface area contributed by atoms with Crippen molar-refractivity contribution in [2.24, 2.45) is 0 Å². The molecule has 12 heteroatoms. The van der Waals surface area contributed by atoms with Crippen molar-refractivity contribution in [3.63, 3.8) is 0 Å². The van der Waals surface area contributed by atoms with Gasteiger partial charge in [-0.05, 0) is 135 Å². The fourth-order valence-electron chi connectivity index (χ4n) is 7.75. The Morgan fingerprint density at radius 2 is 0.706 bits per heavy atom. The van der Waals surface area contributed by atoms with Crippen molar-refractivity contribution in [3.05, 3.63) is 207 Å². The number of carbonyl (C=O) groups excluding carboxylic acids is 3. The van der Waals surface area contributed by atoms with Gasteiger partial charge in [-0.15, -0.1) is 0 Å². The van der Waals surface area contributed by atoms with Gasteiger partial charge in [0.1, 0.15) is 18.8 Å². The summed E-state index contributed by atoms with van der Waals surface area (Å²) in [6.45, 7) is 5.48. The summed E-state index contributed by atoms with van der Waals surface area (Å²) < 4.78 is 28.2. The van der Waals surface area contributed by atoms with E-state index < -0.39 is 73.9 Å². The van der Waals surface area contributed by atoms with Gasteiger partial charge in [0.05, 0.1) is 6.61 Å². The average Bonchev–Trinajstić information content (AvgIpc) is 3.51. The predicted molar refractivity (Wildman–Crippen MR) is 348 cm³/mol. The number of aliphatic carboxylic acids is 1. The molecule has 0 aromatic carbocycles. The summed E-state index contributed by atoms with van der Waals surface area (Å²) in [6, 6.07) is 0. The largest absolute Gasteiger partial charge is 0.479 e. The van der Waals surface area contributed by atoms with Gasteiger partial charge in [-0.3, -0.25) is 14.4 Å². The Labute approximate surface area is 511 Å². The summed E-state index contributed by atoms with van der Waals surface area (Å²) >= 11 is 0. The first-order chi connectivity index (χ1) is 41.6. The van der Waals surface area contributed by atoms with Crippen LogP contribution in [0.4, 0.5) is 0 Å². The fraction of sp³-hybridized carbons (Fsp3) is 0.479. The van der Waals surface area contributed by atoms with Gasteiger partial charge < -0.3 is 39.0 Å². The molecule has 0 aliphatic carbocycles. The van der Waals surface area contributed by atoms with Gasteiger partial charge in [-0.2, -0.15) is 0 Å². The normalized spacial score (nSPS) is 18.9. The second-order valence-corrected chi connectivity index (χ2v) is 19.8. The van der Waals surface area contributed by atoms with E-state index in [4.69, 9.17) is 23.7 Å². The fourth-order valence-corrected chi connectivity index (χ4v) is 7.75. The molecule has 3 N–H and O–H groups in total. The summed E-state index contributed by atoms with van der Waals surface area (Å²) in [5, 5.41) is 31.5. The summed E-state index contributed by atoms with van der Waals surface area (Å²) in [5.41, 5.74) is 0. The molecule has 1 rings (SSSR count). The van der Waals surface area contributed by atoms with Crippen molar-refractivity contribution in [3.8, 4) is 0 Å². The molecule has 1 heterocycles. The van der Waals surface area contributed by atoms with Crippen LogP contribution in [0.1, 0.15) is 175 Å². The SMILES string of the molecule is CC/C=C\C/C=C\C/C=C\C/C=C\C/C=C\C/C=C\CCC(=O)OCC(COC1OC(C(=O)O)C(O)C(O)C1OC(=O)CC/C=C\C/C=C\C/C=C\C/C=C\C/C=C\C/C=C\CC)OC(=O)CCC/C=C\C/C=C\C/C=C\C/C=C\C/C=C\CC. The van der Waals surface area contributed by atoms with Gasteiger partial charge >= 0.3 is 23.9 Å². The number of carboxylic acid groups (broad SMARTS) is 1. The Morgan fingerprint density at radius 3 is 1.05 bits per heavy atom. The maximum absolute atomic E-state index is 13.2. The van der Waals surface area contributed by atoms with E-state index in [9.17, 15) is 34.5 Å². The van der Waals surface area contributed by atoms with Crippen LogP contribution >= 0.6 is 0 Å². The van der Waals surface area contributed by atoms with Crippen molar-refractivity contribution >= 4 is 23.9 Å². The van der Waals surface area contributed by atoms with E-state index in [0.29, 0.717) is 38.5 Å². The molecular formula is C73H104O12. The summed E-state index contributed by atoms with van der Waals surface area (Å²) in [7, 11) is 0. The minimum Gasteiger partial charge on any atom is -0.479 e. The molecule has 1 saturated heterocycles. The molecule has 1 aliphatic heterocycles. The molecular weight excluding hydrogens is 1070 g/mol. The van der Waals surface area contributed by atoms with Gasteiger partial charge in [0.2, 0.25) is 0 Å². The molecule has 0 bridgehead atoms. The molecule has 0 radical (unpaired) electrons. The molecule has 468 valence electrons. The van der Waals surface area contributed by atoms with Crippen LogP contribution in [0.15, 0.2) is 207 Å². The molecule has 0 aromatic rings. The number of hydrogen-bond acceptors (Lipinski definition) is 11. The van der Waals surface area contributed by atoms with E-state index in [-0.39, 0.29) is 19.3 Å². The number of hydrogen-bond donors (Lipinski definition) is 3. The minimum absolute atomic E-state index is 0.0460. The highest BCUT2D eigenvalue weighted by Gasteiger charge is 2.50. The number of allylic oxidation sites excluding steroid dienone is 34. The Balaban J connectivity index is 2.83. The van der Waals surface area contributed by atoms with Crippen LogP contribution < -0.4 is 0 Å². The zero-order valence-corrected chi connectivity index (χ0v) is 51.5. The van der Waals surface area contributed by atoms with Crippen LogP contribution in [0.3, 0.4) is 0 Å². The third kappa shape index (κ3) is 47.3. The van der Waals surface area contributed by atoms with E-state index >= 15 is 0 Å². The standard InChI is InChI=1S/C73H104O12/c1-4-7-10-13-16-19-22-25-28-31-33-36-38-41-44-47-50-53-56-59-65(74)81-62-64(83-66(75)60-57-54-51-48-45-42-39-35-30-27-24-21-18-15-12-9-6-3)63-82-73-71(69(78)68(77)70(85-73)72(79)80)84-67(76)61-58-55-52-49-46-43-40-37-34-32-29-26-23-20-17-14-11-8-5-2/h7-12,16-21,25-30,33-34,36-37,39,41-44,46,48,50-53,55,64,68-71,73,77-78H,4-6,13-15,22-24,31-32,35,38,40,45,47,49,54,56-63H2,1-3H3,(H,79,80)/b10-7-,11-8-,12-9-,19-16-,20-17-,21-18-,28-25-,29-26-,30-27-,36-33-,37-34-,42-39-,44-41-,46-43-,51-48-,53-50-,55-52-. The monoisotopic (exact) mass is 1170 g/mol. The number of esters is 3. The summed E-state index contributed by atoms with van der Waals surface area (Å²) in [4.78, 5) is 51.2. The van der Waals surface area contributed by atoms with Gasteiger partial charge in [0.15, 0.2) is 24.6 Å². The molecule has 0 spiro atoms. The first-order valence-electron chi connectivity index (χ1n) is 31.1. The first kappa shape index (κ1) is 76.3. The highest BCUT2D eigenvalue weighted by atomic mass is 16.7. The van der Waals surface area contributed by atoms with Crippen molar-refractivity contribution in [1.29, 1.82) is 0 Å². The van der Waals surface area contributed by atoms with Crippen molar-refractivity contribution in [1.82, 2.24) is 0 Å². The zero-order chi connectivity index (χ0) is 61.7. The number of ether oxygens (including phenoxy) is 5. The third-order valence-corrected chi connectivity index (χ3v) is 12.4. The molecule has 1 aliphatic rings. The molecule has 12 nitrogen and oxygen atoms in total. The van der Waals surface area contributed by atoms with Crippen molar-refractivity contribution in [2.75, 3.05) is 13.2 Å². The van der Waals surface area contributed by atoms with Crippen LogP contribution in [0.25, 0.3) is 0 Å². The third-order valence-electron chi connectivity index (χ3n) is 12.4. The van der Waals surface area contributed by atoms with E-state index in [2.05, 4.69) is 185 Å². The maximum atomic E-state index is 13.2. The van der Waals surface area contributed by atoms with Crippen LogP contribution in [0, 0.1) is 0 Å². The lowest BCUT2D eigenvalue weighted by atomic mass is 9.98. The Kier molecular flexibility index (Phi) is 51.8. The molecule has 0 amide bonds. The Morgan fingerprint density at radius 1 is 0.388 bits per heavy atom. The Hall–Kier alpha value is -6.70. The smallest absolute Gasteiger partial charge is 0.335 e. The van der Waals surface area contributed by atoms with E-state index in [1.54, 1.807) is 0 Å². The average molecular weight is 1170 g/mol. The molecule has 6 atom stereocenters. The van der Waals surface area contributed by atoms with Crippen molar-refractivity contribution < 1.29 is 58.2 Å². The summed E-state index contributed by atoms with van der Waals surface area (Å²) in [6.07, 6.45) is 78.2. The highest BCUT2D eigenvalue weighted by Crippen LogP contribution is 2.26. The van der Waals surface area contributed by atoms with Crippen LogP contribution in [-0.4, -0.2) is 89.2 Å². The van der Waals surface area contributed by atoms with Gasteiger partial charge in [-0.25, -0.2) is 4.79 Å².